The molecule has 0 unspecified atom stereocenters. The number of esters is 2. The van der Waals surface area contributed by atoms with Gasteiger partial charge in [-0.05, 0) is 69.6 Å². The van der Waals surface area contributed by atoms with Crippen LogP contribution < -0.4 is 51.4 Å². The van der Waals surface area contributed by atoms with E-state index in [1.165, 1.54) is 154 Å². The van der Waals surface area contributed by atoms with Crippen LogP contribution in [0.15, 0.2) is 47.4 Å². The van der Waals surface area contributed by atoms with Crippen LogP contribution in [0.4, 0.5) is 0 Å². The van der Waals surface area contributed by atoms with Crippen molar-refractivity contribution in [3.05, 3.63) is 53.6 Å². The number of hydrogen-bond donors (Lipinski definition) is 0. The third kappa shape index (κ3) is 33.6. The normalized spacial score (nSPS) is 11.7. The Hall–Kier alpha value is -0.814. The minimum Gasteiger partial charge on any atom is -0.744 e. The van der Waals surface area contributed by atoms with Gasteiger partial charge in [-0.1, -0.05) is 192 Å². The third-order valence-electron chi connectivity index (χ3n) is 10.5. The fraction of sp³-hybridized carbons (Fsp3) is 0.750. The second-order valence-corrected chi connectivity index (χ2v) is 17.0. The number of benzene rings is 1. The zero-order valence-corrected chi connectivity index (χ0v) is 40.8. The molecule has 0 N–H and O–H groups in total. The van der Waals surface area contributed by atoms with Crippen LogP contribution in [-0.4, -0.2) is 38.1 Å². The fourth-order valence-corrected chi connectivity index (χ4v) is 7.55. The molecule has 0 atom stereocenters. The average molecular weight is 841 g/mol. The minimum absolute atomic E-state index is 0. The SMILES string of the molecule is CC/C=C/CCCCCCCCCCCCCCCCOC(=O)c1ccc(S(=O)(=O)[O-])cc1C(=O)OCCCCCCCCCCCCCCCC/C=C/CC.[K+]. The van der Waals surface area contributed by atoms with Gasteiger partial charge in [0.1, 0.15) is 10.1 Å². The van der Waals surface area contributed by atoms with Gasteiger partial charge in [0.2, 0.25) is 0 Å². The molecule has 0 aliphatic heterocycles. The molecule has 0 aliphatic carbocycles. The summed E-state index contributed by atoms with van der Waals surface area (Å²) in [5.74, 6) is -1.54. The van der Waals surface area contributed by atoms with Crippen LogP contribution in [0.1, 0.15) is 240 Å². The van der Waals surface area contributed by atoms with Crippen molar-refractivity contribution in [2.24, 2.45) is 0 Å². The number of carbonyl (C=O) groups excluding carboxylic acids is 2. The Morgan fingerprint density at radius 3 is 1.09 bits per heavy atom. The summed E-state index contributed by atoms with van der Waals surface area (Å²) in [6.07, 6.45) is 47.9. The first-order valence-electron chi connectivity index (χ1n) is 23.0. The summed E-state index contributed by atoms with van der Waals surface area (Å²) in [5.41, 5.74) is -0.333. The maximum absolute atomic E-state index is 13.0. The van der Waals surface area contributed by atoms with E-state index in [1.54, 1.807) is 0 Å². The number of allylic oxidation sites excluding steroid dienone is 4. The summed E-state index contributed by atoms with van der Waals surface area (Å²) in [6, 6.07) is 3.15. The predicted octanol–water partition coefficient (Wildman–Crippen LogP) is 11.5. The Bertz CT molecular complexity index is 1280. The summed E-state index contributed by atoms with van der Waals surface area (Å²) in [7, 11) is -4.82. The first-order chi connectivity index (χ1) is 27.3. The van der Waals surface area contributed by atoms with Crippen molar-refractivity contribution < 1.29 is 83.4 Å². The van der Waals surface area contributed by atoms with Crippen molar-refractivity contribution in [1.82, 2.24) is 0 Å². The van der Waals surface area contributed by atoms with E-state index in [4.69, 9.17) is 9.47 Å². The zero-order chi connectivity index (χ0) is 40.8. The number of rotatable bonds is 39. The van der Waals surface area contributed by atoms with E-state index in [0.717, 1.165) is 57.1 Å². The van der Waals surface area contributed by atoms with Gasteiger partial charge < -0.3 is 14.0 Å². The quantitative estimate of drug-likeness (QED) is 0.0213. The largest absolute Gasteiger partial charge is 1.00 e. The van der Waals surface area contributed by atoms with Crippen molar-refractivity contribution in [3.63, 3.8) is 0 Å². The molecule has 0 amide bonds. The van der Waals surface area contributed by atoms with E-state index in [1.807, 2.05) is 0 Å². The number of unbranched alkanes of at least 4 members (excludes halogenated alkanes) is 28. The number of hydrogen-bond acceptors (Lipinski definition) is 7. The van der Waals surface area contributed by atoms with Gasteiger partial charge >= 0.3 is 63.3 Å². The average Bonchev–Trinajstić information content (AvgIpc) is 3.18. The Balaban J connectivity index is 0.0000314. The van der Waals surface area contributed by atoms with Crippen LogP contribution in [0.25, 0.3) is 0 Å². The van der Waals surface area contributed by atoms with Gasteiger partial charge in [-0.3, -0.25) is 0 Å². The van der Waals surface area contributed by atoms with Gasteiger partial charge in [0.25, 0.3) is 0 Å². The molecular formula is C48H81KO7S. The van der Waals surface area contributed by atoms with Crippen LogP contribution in [0, 0.1) is 0 Å². The van der Waals surface area contributed by atoms with E-state index < -0.39 is 27.0 Å². The molecule has 1 rings (SSSR count). The van der Waals surface area contributed by atoms with E-state index in [2.05, 4.69) is 38.2 Å². The molecule has 0 aromatic heterocycles. The molecule has 9 heteroatoms. The topological polar surface area (TPSA) is 110 Å². The number of carbonyl (C=O) groups is 2. The van der Waals surface area contributed by atoms with Crippen LogP contribution in [0.2, 0.25) is 0 Å². The van der Waals surface area contributed by atoms with Crippen molar-refractivity contribution in [2.45, 2.75) is 224 Å². The molecule has 7 nitrogen and oxygen atoms in total. The molecule has 0 aliphatic rings. The van der Waals surface area contributed by atoms with Crippen LogP contribution in [-0.2, 0) is 19.6 Å². The van der Waals surface area contributed by atoms with E-state index in [0.29, 0.717) is 12.8 Å². The van der Waals surface area contributed by atoms with Gasteiger partial charge in [0.15, 0.2) is 0 Å². The van der Waals surface area contributed by atoms with Crippen LogP contribution >= 0.6 is 0 Å². The summed E-state index contributed by atoms with van der Waals surface area (Å²) >= 11 is 0. The van der Waals surface area contributed by atoms with E-state index in [-0.39, 0.29) is 75.7 Å². The summed E-state index contributed by atoms with van der Waals surface area (Å²) in [6.45, 7) is 4.73. The molecule has 0 fully saturated rings. The zero-order valence-electron chi connectivity index (χ0n) is 36.8. The van der Waals surface area contributed by atoms with Crippen molar-refractivity contribution >= 4 is 22.1 Å². The van der Waals surface area contributed by atoms with Gasteiger partial charge in [-0.2, -0.15) is 0 Å². The molecule has 1 aromatic carbocycles. The number of ether oxygens (including phenoxy) is 2. The van der Waals surface area contributed by atoms with Crippen molar-refractivity contribution in [3.8, 4) is 0 Å². The van der Waals surface area contributed by atoms with Crippen molar-refractivity contribution in [1.29, 1.82) is 0 Å². The second-order valence-electron chi connectivity index (χ2n) is 15.7. The van der Waals surface area contributed by atoms with E-state index in [9.17, 15) is 22.6 Å². The maximum Gasteiger partial charge on any atom is 1.00 e. The third-order valence-corrected chi connectivity index (χ3v) is 11.4. The summed E-state index contributed by atoms with van der Waals surface area (Å²) < 4.78 is 45.8. The van der Waals surface area contributed by atoms with Gasteiger partial charge in [-0.15, -0.1) is 0 Å². The van der Waals surface area contributed by atoms with Crippen molar-refractivity contribution in [2.75, 3.05) is 13.2 Å². The van der Waals surface area contributed by atoms with Gasteiger partial charge in [0, 0.05) is 0 Å². The maximum atomic E-state index is 13.0. The molecule has 322 valence electrons. The Morgan fingerprint density at radius 2 is 0.772 bits per heavy atom. The second kappa shape index (κ2) is 40.6. The minimum atomic E-state index is -4.82. The molecule has 0 saturated heterocycles. The smallest absolute Gasteiger partial charge is 0.744 e. The van der Waals surface area contributed by atoms with Crippen LogP contribution in [0.5, 0.6) is 0 Å². The first-order valence-corrected chi connectivity index (χ1v) is 24.5. The molecule has 1 aromatic rings. The molecule has 0 spiro atoms. The summed E-state index contributed by atoms with van der Waals surface area (Å²) in [4.78, 5) is 25.3. The molecule has 0 radical (unpaired) electrons. The standard InChI is InChI=1S/C48H82O7S.K/c1-3-5-7-9-11-13-15-17-19-21-23-25-27-29-31-33-35-37-41-54-47(49)45-40-39-44(56(51,52)53)43-46(45)48(50)55-42-38-36-34-32-30-28-26-24-22-20-18-16-14-12-10-8-6-4-2;/h5-8,39-40,43H,3-4,9-38,41-42H2,1-2H3,(H,51,52,53);/q;+1/p-1/b7-5+,8-6+;. The molecule has 0 heterocycles. The molecule has 0 bridgehead atoms. The first kappa shape index (κ1) is 56.2. The Morgan fingerprint density at radius 1 is 0.474 bits per heavy atom. The van der Waals surface area contributed by atoms with Crippen LogP contribution in [0.3, 0.4) is 0 Å². The Kier molecular flexibility index (Phi) is 40.0. The van der Waals surface area contributed by atoms with Gasteiger partial charge in [0.05, 0.1) is 29.2 Å². The van der Waals surface area contributed by atoms with E-state index >= 15 is 0 Å². The molecule has 57 heavy (non-hydrogen) atoms. The fourth-order valence-electron chi connectivity index (χ4n) is 7.05. The monoisotopic (exact) mass is 841 g/mol. The molecule has 0 saturated carbocycles. The predicted molar refractivity (Wildman–Crippen MR) is 232 cm³/mol. The Labute approximate surface area is 392 Å². The summed E-state index contributed by atoms with van der Waals surface area (Å²) in [5, 5.41) is 0. The van der Waals surface area contributed by atoms with Gasteiger partial charge in [-0.25, -0.2) is 18.0 Å². The molecular weight excluding hydrogens is 760 g/mol.